The van der Waals surface area contributed by atoms with Crippen LogP contribution >= 0.6 is 0 Å². The lowest BCUT2D eigenvalue weighted by atomic mass is 10.1. The topological polar surface area (TPSA) is 12.0 Å². The van der Waals surface area contributed by atoms with Crippen LogP contribution in [0.5, 0.6) is 0 Å². The van der Waals surface area contributed by atoms with Gasteiger partial charge in [0, 0.05) is 0 Å². The molecule has 1 N–H and O–H groups in total. The lowest BCUT2D eigenvalue weighted by molar-refractivity contribution is 0.835. The predicted molar refractivity (Wildman–Crippen MR) is 57.4 cm³/mol. The molecular formula is C12H13N. The van der Waals surface area contributed by atoms with Crippen LogP contribution < -0.4 is 5.32 Å². The van der Waals surface area contributed by atoms with Crippen LogP contribution in [0.4, 0.5) is 0 Å². The number of rotatable bonds is 1. The van der Waals surface area contributed by atoms with Gasteiger partial charge in [-0.1, -0.05) is 37.4 Å². The first-order valence-corrected chi connectivity index (χ1v) is 4.40. The molecule has 1 aliphatic carbocycles. The molecule has 1 aliphatic rings. The Hall–Kier alpha value is -1.34. The average Bonchev–Trinajstić information content (AvgIpc) is 2.41. The third-order valence-electron chi connectivity index (χ3n) is 2.60. The molecule has 0 aromatic heterocycles. The SMILES string of the molecule is C=C1c2ccccc2C(=C)C1NC. The molecule has 1 heteroatoms. The van der Waals surface area contributed by atoms with Gasteiger partial charge in [0.1, 0.15) is 0 Å². The number of hydrogen-bond acceptors (Lipinski definition) is 1. The molecule has 1 aromatic rings. The summed E-state index contributed by atoms with van der Waals surface area (Å²) in [5, 5.41) is 3.21. The van der Waals surface area contributed by atoms with Crippen molar-refractivity contribution < 1.29 is 0 Å². The van der Waals surface area contributed by atoms with Crippen LogP contribution in [0.2, 0.25) is 0 Å². The molecule has 0 radical (unpaired) electrons. The molecule has 0 atom stereocenters. The van der Waals surface area contributed by atoms with E-state index in [0.717, 1.165) is 11.1 Å². The minimum Gasteiger partial charge on any atom is -0.309 e. The quantitative estimate of drug-likeness (QED) is 0.683. The fraction of sp³-hybridized carbons (Fsp3) is 0.167. The summed E-state index contributed by atoms with van der Waals surface area (Å²) in [5.74, 6) is 0. The van der Waals surface area contributed by atoms with Gasteiger partial charge in [-0.2, -0.15) is 0 Å². The van der Waals surface area contributed by atoms with Gasteiger partial charge in [0.25, 0.3) is 0 Å². The molecule has 66 valence electrons. The first-order valence-electron chi connectivity index (χ1n) is 4.40. The van der Waals surface area contributed by atoms with E-state index in [-0.39, 0.29) is 6.04 Å². The predicted octanol–water partition coefficient (Wildman–Crippen LogP) is 2.31. The molecule has 1 aromatic carbocycles. The Morgan fingerprint density at radius 2 is 1.54 bits per heavy atom. The van der Waals surface area contributed by atoms with E-state index >= 15 is 0 Å². The summed E-state index contributed by atoms with van der Waals surface area (Å²) in [6.07, 6.45) is 0. The number of hydrogen-bond donors (Lipinski definition) is 1. The number of fused-ring (bicyclic) bond motifs is 1. The van der Waals surface area contributed by atoms with Crippen molar-refractivity contribution in [1.29, 1.82) is 0 Å². The Morgan fingerprint density at radius 1 is 1.08 bits per heavy atom. The van der Waals surface area contributed by atoms with E-state index in [1.807, 2.05) is 19.2 Å². The zero-order chi connectivity index (χ0) is 9.42. The van der Waals surface area contributed by atoms with Gasteiger partial charge >= 0.3 is 0 Å². The van der Waals surface area contributed by atoms with Crippen molar-refractivity contribution in [2.45, 2.75) is 6.04 Å². The molecule has 0 saturated carbocycles. The van der Waals surface area contributed by atoms with Crippen molar-refractivity contribution in [2.24, 2.45) is 0 Å². The second-order valence-corrected chi connectivity index (χ2v) is 3.32. The van der Waals surface area contributed by atoms with Crippen molar-refractivity contribution in [3.05, 3.63) is 48.6 Å². The van der Waals surface area contributed by atoms with Crippen molar-refractivity contribution in [3.63, 3.8) is 0 Å². The minimum absolute atomic E-state index is 0.220. The van der Waals surface area contributed by atoms with E-state index in [4.69, 9.17) is 0 Å². The third-order valence-corrected chi connectivity index (χ3v) is 2.60. The maximum Gasteiger partial charge on any atom is 0.0574 e. The first kappa shape index (κ1) is 8.27. The summed E-state index contributed by atoms with van der Waals surface area (Å²) in [4.78, 5) is 0. The molecule has 1 nitrogen and oxygen atoms in total. The normalized spacial score (nSPS) is 16.4. The zero-order valence-electron chi connectivity index (χ0n) is 7.80. The fourth-order valence-electron chi connectivity index (χ4n) is 1.91. The highest BCUT2D eigenvalue weighted by molar-refractivity contribution is 5.95. The summed E-state index contributed by atoms with van der Waals surface area (Å²) >= 11 is 0. The maximum atomic E-state index is 4.07. The van der Waals surface area contributed by atoms with Crippen molar-refractivity contribution in [1.82, 2.24) is 5.32 Å². The van der Waals surface area contributed by atoms with E-state index in [9.17, 15) is 0 Å². The number of benzene rings is 1. The second-order valence-electron chi connectivity index (χ2n) is 3.32. The van der Waals surface area contributed by atoms with E-state index in [1.165, 1.54) is 11.1 Å². The van der Waals surface area contributed by atoms with Crippen LogP contribution in [0.1, 0.15) is 11.1 Å². The van der Waals surface area contributed by atoms with Gasteiger partial charge in [-0.25, -0.2) is 0 Å². The third kappa shape index (κ3) is 1.04. The number of nitrogens with one attached hydrogen (secondary N) is 1. The Morgan fingerprint density at radius 3 is 1.92 bits per heavy atom. The van der Waals surface area contributed by atoms with Gasteiger partial charge < -0.3 is 5.32 Å². The van der Waals surface area contributed by atoms with E-state index in [1.54, 1.807) is 0 Å². The summed E-state index contributed by atoms with van der Waals surface area (Å²) in [6.45, 7) is 8.15. The molecule has 2 rings (SSSR count). The second kappa shape index (κ2) is 2.86. The van der Waals surface area contributed by atoms with Crippen LogP contribution in [-0.4, -0.2) is 13.1 Å². The van der Waals surface area contributed by atoms with Gasteiger partial charge in [-0.05, 0) is 29.3 Å². The van der Waals surface area contributed by atoms with Crippen LogP contribution in [-0.2, 0) is 0 Å². The van der Waals surface area contributed by atoms with E-state index in [0.29, 0.717) is 0 Å². The molecular weight excluding hydrogens is 158 g/mol. The lowest BCUT2D eigenvalue weighted by Crippen LogP contribution is -2.22. The first-order chi connectivity index (χ1) is 6.25. The van der Waals surface area contributed by atoms with Gasteiger partial charge in [0.15, 0.2) is 0 Å². The Balaban J connectivity index is 2.57. The van der Waals surface area contributed by atoms with Crippen molar-refractivity contribution in [2.75, 3.05) is 7.05 Å². The van der Waals surface area contributed by atoms with Crippen LogP contribution in [0.3, 0.4) is 0 Å². The average molecular weight is 171 g/mol. The van der Waals surface area contributed by atoms with Crippen LogP contribution in [0, 0.1) is 0 Å². The van der Waals surface area contributed by atoms with Crippen LogP contribution in [0.15, 0.2) is 37.4 Å². The molecule has 0 amide bonds. The summed E-state index contributed by atoms with van der Waals surface area (Å²) in [5.41, 5.74) is 4.71. The molecule has 0 bridgehead atoms. The smallest absolute Gasteiger partial charge is 0.0574 e. The Labute approximate surface area is 78.8 Å². The molecule has 13 heavy (non-hydrogen) atoms. The molecule has 0 fully saturated rings. The molecule has 0 saturated heterocycles. The monoisotopic (exact) mass is 171 g/mol. The standard InChI is InChI=1S/C12H13N/c1-8-10-6-4-5-7-11(10)9(2)12(8)13-3/h4-7,12-13H,1-2H2,3H3. The van der Waals surface area contributed by atoms with Crippen LogP contribution in [0.25, 0.3) is 11.1 Å². The molecule has 0 spiro atoms. The van der Waals surface area contributed by atoms with Gasteiger partial charge in [-0.15, -0.1) is 0 Å². The van der Waals surface area contributed by atoms with Gasteiger partial charge in [0.05, 0.1) is 6.04 Å². The Bertz CT molecular complexity index is 341. The summed E-state index contributed by atoms with van der Waals surface area (Å²) in [6, 6.07) is 8.49. The minimum atomic E-state index is 0.220. The zero-order valence-corrected chi connectivity index (χ0v) is 7.80. The lowest BCUT2D eigenvalue weighted by Gasteiger charge is -2.10. The molecule has 0 heterocycles. The largest absolute Gasteiger partial charge is 0.309 e. The summed E-state index contributed by atoms with van der Waals surface area (Å²) in [7, 11) is 1.94. The van der Waals surface area contributed by atoms with E-state index in [2.05, 4.69) is 30.6 Å². The maximum absolute atomic E-state index is 4.07. The summed E-state index contributed by atoms with van der Waals surface area (Å²) < 4.78 is 0. The fourth-order valence-corrected chi connectivity index (χ4v) is 1.91. The van der Waals surface area contributed by atoms with Gasteiger partial charge in [-0.3, -0.25) is 0 Å². The highest BCUT2D eigenvalue weighted by atomic mass is 14.9. The highest BCUT2D eigenvalue weighted by Gasteiger charge is 2.26. The molecule has 0 unspecified atom stereocenters. The number of likely N-dealkylation sites (N-methyl/N-ethyl adjacent to an activating group) is 1. The molecule has 0 aliphatic heterocycles. The Kier molecular flexibility index (Phi) is 1.82. The van der Waals surface area contributed by atoms with Crippen molar-refractivity contribution in [3.8, 4) is 0 Å². The van der Waals surface area contributed by atoms with Crippen molar-refractivity contribution >= 4 is 11.1 Å². The van der Waals surface area contributed by atoms with Gasteiger partial charge in [0.2, 0.25) is 0 Å². The highest BCUT2D eigenvalue weighted by Crippen LogP contribution is 2.37. The van der Waals surface area contributed by atoms with E-state index < -0.39 is 0 Å².